The quantitative estimate of drug-likeness (QED) is 0.0261. The fourth-order valence-corrected chi connectivity index (χ4v) is 9.84. The van der Waals surface area contributed by atoms with Gasteiger partial charge in [-0.2, -0.15) is 0 Å². The van der Waals surface area contributed by atoms with Crippen molar-refractivity contribution in [2.45, 2.75) is 367 Å². The summed E-state index contributed by atoms with van der Waals surface area (Å²) in [6.07, 6.45) is 77.4. The number of ether oxygens (including phenoxy) is 3. The van der Waals surface area contributed by atoms with Crippen molar-refractivity contribution in [2.24, 2.45) is 0 Å². The number of unbranched alkanes of at least 4 members (excludes halogenated alkanes) is 44. The lowest BCUT2D eigenvalue weighted by molar-refractivity contribution is -0.167. The van der Waals surface area contributed by atoms with E-state index in [1.165, 1.54) is 250 Å². The number of rotatable bonds is 61. The molecule has 0 aromatic heterocycles. The molecule has 0 aliphatic carbocycles. The molecule has 0 amide bonds. The summed E-state index contributed by atoms with van der Waals surface area (Å²) in [5, 5.41) is 0. The van der Waals surface area contributed by atoms with Gasteiger partial charge in [-0.3, -0.25) is 14.4 Å². The molecule has 6 nitrogen and oxygen atoms in total. The second kappa shape index (κ2) is 63.2. The molecule has 0 bridgehead atoms. The average Bonchev–Trinajstić information content (AvgIpc) is 3.40. The van der Waals surface area contributed by atoms with E-state index in [2.05, 4.69) is 57.2 Å². The van der Waals surface area contributed by atoms with Crippen molar-refractivity contribution in [2.75, 3.05) is 13.2 Å². The summed E-state index contributed by atoms with van der Waals surface area (Å²) in [5.74, 6) is -0.871. The molecule has 74 heavy (non-hydrogen) atoms. The van der Waals surface area contributed by atoms with Gasteiger partial charge in [-0.15, -0.1) is 0 Å². The van der Waals surface area contributed by atoms with Gasteiger partial charge < -0.3 is 14.2 Å². The Balaban J connectivity index is 4.15. The maximum absolute atomic E-state index is 12.9. The molecule has 1 unspecified atom stereocenters. The molecular formula is C68H126O6. The summed E-state index contributed by atoms with van der Waals surface area (Å²) in [6, 6.07) is 0. The van der Waals surface area contributed by atoms with E-state index in [0.717, 1.165) is 70.6 Å². The van der Waals surface area contributed by atoms with Crippen LogP contribution < -0.4 is 0 Å². The predicted octanol–water partition coefficient (Wildman–Crippen LogP) is 22.4. The minimum Gasteiger partial charge on any atom is -0.462 e. The largest absolute Gasteiger partial charge is 0.462 e. The average molecular weight is 1040 g/mol. The van der Waals surface area contributed by atoms with Crippen LogP contribution in [0.25, 0.3) is 0 Å². The van der Waals surface area contributed by atoms with Crippen molar-refractivity contribution in [1.29, 1.82) is 0 Å². The lowest BCUT2D eigenvalue weighted by Crippen LogP contribution is -2.30. The first kappa shape index (κ1) is 71.6. The minimum atomic E-state index is -0.778. The Morgan fingerprint density at radius 3 is 0.689 bits per heavy atom. The number of hydrogen-bond donors (Lipinski definition) is 0. The Kier molecular flexibility index (Phi) is 61.1. The third-order valence-corrected chi connectivity index (χ3v) is 14.8. The molecule has 6 heteroatoms. The molecule has 0 aliphatic heterocycles. The Hall–Kier alpha value is -2.37. The van der Waals surface area contributed by atoms with Crippen LogP contribution in [0.2, 0.25) is 0 Å². The van der Waals surface area contributed by atoms with Crippen LogP contribution in [-0.4, -0.2) is 37.2 Å². The SMILES string of the molecule is CCCCCC/C=C\CCCCCCCC(=O)OCC(COC(=O)CCCCCCCCCCCCCCCCCCC/C=C\CCCCCCCCCC)OC(=O)CCCCCCC/C=C\CCCCCCC. The molecule has 0 spiro atoms. The summed E-state index contributed by atoms with van der Waals surface area (Å²) in [6.45, 7) is 6.65. The normalized spacial score (nSPS) is 12.2. The predicted molar refractivity (Wildman–Crippen MR) is 321 cm³/mol. The van der Waals surface area contributed by atoms with Crippen LogP contribution in [0.15, 0.2) is 36.5 Å². The first-order valence-electron chi connectivity index (χ1n) is 33.0. The van der Waals surface area contributed by atoms with Crippen LogP contribution >= 0.6 is 0 Å². The Morgan fingerprint density at radius 1 is 0.257 bits per heavy atom. The molecule has 0 aromatic rings. The lowest BCUT2D eigenvalue weighted by Gasteiger charge is -2.18. The van der Waals surface area contributed by atoms with Crippen LogP contribution in [-0.2, 0) is 28.6 Å². The number of carbonyl (C=O) groups is 3. The van der Waals surface area contributed by atoms with Crippen LogP contribution in [0.4, 0.5) is 0 Å². The number of allylic oxidation sites excluding steroid dienone is 6. The topological polar surface area (TPSA) is 78.9 Å². The van der Waals surface area contributed by atoms with Gasteiger partial charge in [0.2, 0.25) is 0 Å². The van der Waals surface area contributed by atoms with Crippen molar-refractivity contribution < 1.29 is 28.6 Å². The fourth-order valence-electron chi connectivity index (χ4n) is 9.84. The van der Waals surface area contributed by atoms with E-state index in [1.54, 1.807) is 0 Å². The summed E-state index contributed by atoms with van der Waals surface area (Å²) in [5.41, 5.74) is 0. The molecule has 0 heterocycles. The van der Waals surface area contributed by atoms with E-state index in [9.17, 15) is 14.4 Å². The number of esters is 3. The van der Waals surface area contributed by atoms with Crippen molar-refractivity contribution >= 4 is 17.9 Å². The van der Waals surface area contributed by atoms with E-state index in [-0.39, 0.29) is 31.1 Å². The molecule has 0 aliphatic rings. The minimum absolute atomic E-state index is 0.0744. The van der Waals surface area contributed by atoms with E-state index < -0.39 is 6.10 Å². The smallest absolute Gasteiger partial charge is 0.306 e. The van der Waals surface area contributed by atoms with Crippen LogP contribution in [0.5, 0.6) is 0 Å². The monoisotopic (exact) mass is 1040 g/mol. The van der Waals surface area contributed by atoms with Gasteiger partial charge in [0.1, 0.15) is 13.2 Å². The molecule has 434 valence electrons. The highest BCUT2D eigenvalue weighted by atomic mass is 16.6. The zero-order valence-electron chi connectivity index (χ0n) is 49.9. The van der Waals surface area contributed by atoms with Crippen molar-refractivity contribution in [3.63, 3.8) is 0 Å². The maximum Gasteiger partial charge on any atom is 0.306 e. The van der Waals surface area contributed by atoms with Gasteiger partial charge in [-0.25, -0.2) is 0 Å². The van der Waals surface area contributed by atoms with Crippen molar-refractivity contribution in [1.82, 2.24) is 0 Å². The Labute approximate surface area is 461 Å². The highest BCUT2D eigenvalue weighted by Gasteiger charge is 2.19. The van der Waals surface area contributed by atoms with Crippen molar-refractivity contribution in [3.8, 4) is 0 Å². The van der Waals surface area contributed by atoms with Gasteiger partial charge in [0.25, 0.3) is 0 Å². The number of hydrogen-bond acceptors (Lipinski definition) is 6. The van der Waals surface area contributed by atoms with Gasteiger partial charge in [0.15, 0.2) is 6.10 Å². The standard InChI is InChI=1S/C68H126O6/c1-4-7-10-13-16-19-22-25-27-28-29-30-31-32-33-34-35-36-37-38-39-40-41-44-46-49-52-55-58-61-67(70)73-64-65(63-72-66(69)60-57-54-51-48-45-42-24-21-18-15-12-9-6-3)74-68(71)62-59-56-53-50-47-43-26-23-20-17-14-11-8-5-2/h21,23-24,26,28-29,65H,4-20,22,25,27,30-64H2,1-3H3/b24-21-,26-23-,29-28-. The molecule has 0 aromatic carbocycles. The maximum atomic E-state index is 12.9. The third-order valence-electron chi connectivity index (χ3n) is 14.8. The Morgan fingerprint density at radius 2 is 0.446 bits per heavy atom. The summed E-state index contributed by atoms with van der Waals surface area (Å²) >= 11 is 0. The van der Waals surface area contributed by atoms with Crippen LogP contribution in [0.3, 0.4) is 0 Å². The lowest BCUT2D eigenvalue weighted by atomic mass is 10.0. The molecule has 0 saturated carbocycles. The van der Waals surface area contributed by atoms with E-state index in [0.29, 0.717) is 19.3 Å². The van der Waals surface area contributed by atoms with Gasteiger partial charge in [-0.1, -0.05) is 282 Å². The van der Waals surface area contributed by atoms with E-state index in [1.807, 2.05) is 0 Å². The molecule has 0 rings (SSSR count). The van der Waals surface area contributed by atoms with Gasteiger partial charge in [0.05, 0.1) is 0 Å². The molecular weight excluding hydrogens is 913 g/mol. The van der Waals surface area contributed by atoms with Crippen molar-refractivity contribution in [3.05, 3.63) is 36.5 Å². The van der Waals surface area contributed by atoms with E-state index in [4.69, 9.17) is 14.2 Å². The number of carbonyl (C=O) groups excluding carboxylic acids is 3. The third kappa shape index (κ3) is 60.5. The highest BCUT2D eigenvalue weighted by Crippen LogP contribution is 2.17. The van der Waals surface area contributed by atoms with E-state index >= 15 is 0 Å². The van der Waals surface area contributed by atoms with Gasteiger partial charge in [0, 0.05) is 19.3 Å². The second-order valence-corrected chi connectivity index (χ2v) is 22.4. The highest BCUT2D eigenvalue weighted by molar-refractivity contribution is 5.71. The van der Waals surface area contributed by atoms with Crippen LogP contribution in [0, 0.1) is 0 Å². The zero-order chi connectivity index (χ0) is 53.6. The second-order valence-electron chi connectivity index (χ2n) is 22.4. The summed E-state index contributed by atoms with van der Waals surface area (Å²) in [7, 11) is 0. The first-order chi connectivity index (χ1) is 36.5. The molecule has 0 fully saturated rings. The molecule has 0 saturated heterocycles. The summed E-state index contributed by atoms with van der Waals surface area (Å²) in [4.78, 5) is 38.2. The Bertz CT molecular complexity index is 1240. The van der Waals surface area contributed by atoms with Gasteiger partial charge >= 0.3 is 17.9 Å². The first-order valence-corrected chi connectivity index (χ1v) is 33.0. The zero-order valence-corrected chi connectivity index (χ0v) is 49.9. The fraction of sp³-hybridized carbons (Fsp3) is 0.868. The molecule has 0 radical (unpaired) electrons. The van der Waals surface area contributed by atoms with Crippen LogP contribution in [0.1, 0.15) is 361 Å². The van der Waals surface area contributed by atoms with Gasteiger partial charge in [-0.05, 0) is 96.3 Å². The molecule has 0 N–H and O–H groups in total. The molecule has 1 atom stereocenters. The summed E-state index contributed by atoms with van der Waals surface area (Å²) < 4.78 is 16.9.